The zero-order chi connectivity index (χ0) is 14.3. The summed E-state index contributed by atoms with van der Waals surface area (Å²) >= 11 is 6.08. The third-order valence-corrected chi connectivity index (χ3v) is 3.74. The van der Waals surface area contributed by atoms with Crippen molar-refractivity contribution >= 4 is 23.3 Å². The molecule has 100 valence electrons. The molecule has 3 rings (SSSR count). The molecular formula is C15H11ClN2O2. The first-order valence-electron chi connectivity index (χ1n) is 5.96. The van der Waals surface area contributed by atoms with E-state index in [1.807, 2.05) is 0 Å². The van der Waals surface area contributed by atoms with Crippen LogP contribution in [-0.2, 0) is 5.54 Å². The molecule has 0 spiro atoms. The Labute approximate surface area is 121 Å². The molecule has 2 heterocycles. The predicted octanol–water partition coefficient (Wildman–Crippen LogP) is 3.29. The van der Waals surface area contributed by atoms with Gasteiger partial charge in [-0.3, -0.25) is 0 Å². The minimum Gasteiger partial charge on any atom is -0.465 e. The summed E-state index contributed by atoms with van der Waals surface area (Å²) in [5, 5.41) is 3.32. The van der Waals surface area contributed by atoms with E-state index in [0.29, 0.717) is 22.0 Å². The highest BCUT2D eigenvalue weighted by Crippen LogP contribution is 2.43. The Morgan fingerprint density at radius 1 is 1.45 bits per heavy atom. The van der Waals surface area contributed by atoms with Gasteiger partial charge < -0.3 is 14.6 Å². The Bertz CT molecular complexity index is 718. The first-order valence-corrected chi connectivity index (χ1v) is 6.34. The van der Waals surface area contributed by atoms with E-state index in [-0.39, 0.29) is 6.03 Å². The first kappa shape index (κ1) is 12.6. The fourth-order valence-electron chi connectivity index (χ4n) is 2.49. The number of nitrogens with one attached hydrogen (secondary N) is 1. The number of benzene rings is 1. The molecule has 0 radical (unpaired) electrons. The molecule has 0 saturated heterocycles. The van der Waals surface area contributed by atoms with Crippen LogP contribution in [0, 0.1) is 12.3 Å². The maximum Gasteiger partial charge on any atom is 0.323 e. The number of terminal acetylenes is 1. The molecular weight excluding hydrogens is 276 g/mol. The lowest BCUT2D eigenvalue weighted by atomic mass is 9.84. The fraction of sp³-hybridized carbons (Fsp3) is 0.133. The average molecular weight is 287 g/mol. The quantitative estimate of drug-likeness (QED) is 0.818. The van der Waals surface area contributed by atoms with Crippen LogP contribution < -0.4 is 5.32 Å². The molecule has 1 atom stereocenters. The number of urea groups is 1. The zero-order valence-electron chi connectivity index (χ0n) is 10.7. The smallest absolute Gasteiger partial charge is 0.323 e. The lowest BCUT2D eigenvalue weighted by molar-refractivity contribution is 0.180. The summed E-state index contributed by atoms with van der Waals surface area (Å²) in [6, 6.07) is 8.37. The van der Waals surface area contributed by atoms with Gasteiger partial charge in [-0.25, -0.2) is 4.79 Å². The molecule has 2 aromatic rings. The summed E-state index contributed by atoms with van der Waals surface area (Å²) in [4.78, 5) is 13.6. The molecule has 0 bridgehead atoms. The number of anilines is 1. The zero-order valence-corrected chi connectivity index (χ0v) is 11.4. The van der Waals surface area contributed by atoms with Gasteiger partial charge in [0.15, 0.2) is 5.54 Å². The lowest BCUT2D eigenvalue weighted by Crippen LogP contribution is -2.52. The highest BCUT2D eigenvalue weighted by atomic mass is 35.5. The van der Waals surface area contributed by atoms with Gasteiger partial charge in [-0.05, 0) is 30.3 Å². The number of amides is 2. The molecule has 2 amide bonds. The maximum atomic E-state index is 12.2. The molecule has 4 nitrogen and oxygen atoms in total. The average Bonchev–Trinajstić information content (AvgIpc) is 2.96. The minimum absolute atomic E-state index is 0.297. The van der Waals surface area contributed by atoms with Gasteiger partial charge in [0.05, 0.1) is 6.26 Å². The van der Waals surface area contributed by atoms with Crippen LogP contribution >= 0.6 is 11.6 Å². The molecule has 0 aliphatic carbocycles. The van der Waals surface area contributed by atoms with E-state index in [0.717, 1.165) is 0 Å². The summed E-state index contributed by atoms with van der Waals surface area (Å²) < 4.78 is 5.48. The van der Waals surface area contributed by atoms with E-state index in [1.165, 1.54) is 11.2 Å². The number of nitrogens with zero attached hydrogens (tertiary/aromatic N) is 1. The first-order chi connectivity index (χ1) is 9.59. The molecule has 0 fully saturated rings. The Morgan fingerprint density at radius 2 is 2.25 bits per heavy atom. The topological polar surface area (TPSA) is 45.5 Å². The molecule has 0 saturated carbocycles. The second-order valence-electron chi connectivity index (χ2n) is 4.51. The fourth-order valence-corrected chi connectivity index (χ4v) is 2.66. The van der Waals surface area contributed by atoms with Gasteiger partial charge in [-0.1, -0.05) is 17.5 Å². The number of rotatable bonds is 1. The number of hydrogen-bond donors (Lipinski definition) is 1. The van der Waals surface area contributed by atoms with Gasteiger partial charge in [0.1, 0.15) is 5.76 Å². The third-order valence-electron chi connectivity index (χ3n) is 3.51. The standard InChI is InChI=1S/C15H11ClN2O2/c1-3-15(13-5-4-8-20-13)11-9-10(16)6-7-12(11)17-14(19)18(15)2/h1,4-9H,2H3,(H,17,19). The monoisotopic (exact) mass is 286 g/mol. The Hall–Kier alpha value is -2.38. The molecule has 5 heteroatoms. The van der Waals surface area contributed by atoms with Gasteiger partial charge in [0.2, 0.25) is 0 Å². The van der Waals surface area contributed by atoms with Crippen molar-refractivity contribution in [1.82, 2.24) is 4.90 Å². The largest absolute Gasteiger partial charge is 0.465 e. The summed E-state index contributed by atoms with van der Waals surface area (Å²) in [6.45, 7) is 0. The SMILES string of the molecule is C#CC1(c2ccco2)c2cc(Cl)ccc2NC(=O)N1C. The summed E-state index contributed by atoms with van der Waals surface area (Å²) in [5.41, 5.74) is 0.239. The second kappa shape index (κ2) is 4.32. The van der Waals surface area contributed by atoms with Crippen LogP contribution in [0.25, 0.3) is 0 Å². The van der Waals surface area contributed by atoms with Crippen LogP contribution in [0.2, 0.25) is 5.02 Å². The number of furan rings is 1. The Morgan fingerprint density at radius 3 is 2.90 bits per heavy atom. The van der Waals surface area contributed by atoms with Crippen molar-refractivity contribution in [3.8, 4) is 12.3 Å². The molecule has 1 N–H and O–H groups in total. The minimum atomic E-state index is -1.11. The molecule has 1 unspecified atom stereocenters. The molecule has 1 aromatic heterocycles. The van der Waals surface area contributed by atoms with Crippen molar-refractivity contribution < 1.29 is 9.21 Å². The van der Waals surface area contributed by atoms with Crippen LogP contribution in [0.5, 0.6) is 0 Å². The van der Waals surface area contributed by atoms with E-state index < -0.39 is 5.54 Å². The number of carbonyl (C=O) groups is 1. The number of carbonyl (C=O) groups excluding carboxylic acids is 1. The van der Waals surface area contributed by atoms with Crippen molar-refractivity contribution in [2.24, 2.45) is 0 Å². The van der Waals surface area contributed by atoms with Crippen LogP contribution in [0.4, 0.5) is 10.5 Å². The van der Waals surface area contributed by atoms with Gasteiger partial charge in [-0.15, -0.1) is 6.42 Å². The van der Waals surface area contributed by atoms with Crippen LogP contribution in [0.1, 0.15) is 11.3 Å². The van der Waals surface area contributed by atoms with Crippen molar-refractivity contribution in [1.29, 1.82) is 0 Å². The van der Waals surface area contributed by atoms with Crippen molar-refractivity contribution in [3.05, 3.63) is 52.9 Å². The summed E-state index contributed by atoms with van der Waals surface area (Å²) in [7, 11) is 1.63. The Balaban J connectivity index is 2.36. The highest BCUT2D eigenvalue weighted by molar-refractivity contribution is 6.30. The maximum absolute atomic E-state index is 12.2. The lowest BCUT2D eigenvalue weighted by Gasteiger charge is -2.41. The molecule has 20 heavy (non-hydrogen) atoms. The molecule has 1 aliphatic heterocycles. The van der Waals surface area contributed by atoms with Crippen molar-refractivity contribution in [2.75, 3.05) is 12.4 Å². The predicted molar refractivity (Wildman–Crippen MR) is 76.6 cm³/mol. The van der Waals surface area contributed by atoms with E-state index in [2.05, 4.69) is 11.2 Å². The third kappa shape index (κ3) is 1.54. The summed E-state index contributed by atoms with van der Waals surface area (Å²) in [5.74, 6) is 3.20. The van der Waals surface area contributed by atoms with Crippen LogP contribution in [0.15, 0.2) is 41.0 Å². The molecule has 1 aliphatic rings. The van der Waals surface area contributed by atoms with Crippen molar-refractivity contribution in [2.45, 2.75) is 5.54 Å². The van der Waals surface area contributed by atoms with Gasteiger partial charge in [0.25, 0.3) is 0 Å². The second-order valence-corrected chi connectivity index (χ2v) is 4.95. The van der Waals surface area contributed by atoms with E-state index >= 15 is 0 Å². The number of hydrogen-bond acceptors (Lipinski definition) is 2. The number of halogens is 1. The molecule has 1 aromatic carbocycles. The highest BCUT2D eigenvalue weighted by Gasteiger charge is 2.47. The van der Waals surface area contributed by atoms with E-state index in [4.69, 9.17) is 22.4 Å². The van der Waals surface area contributed by atoms with Gasteiger partial charge >= 0.3 is 6.03 Å². The summed E-state index contributed by atoms with van der Waals surface area (Å²) in [6.07, 6.45) is 7.30. The van der Waals surface area contributed by atoms with Gasteiger partial charge in [-0.2, -0.15) is 0 Å². The normalized spacial score (nSPS) is 21.1. The van der Waals surface area contributed by atoms with Gasteiger partial charge in [0, 0.05) is 23.3 Å². The Kier molecular flexibility index (Phi) is 2.73. The van der Waals surface area contributed by atoms with E-state index in [9.17, 15) is 4.79 Å². The van der Waals surface area contributed by atoms with Crippen LogP contribution in [0.3, 0.4) is 0 Å². The van der Waals surface area contributed by atoms with Crippen LogP contribution in [-0.4, -0.2) is 18.0 Å². The van der Waals surface area contributed by atoms with E-state index in [1.54, 1.807) is 37.4 Å². The van der Waals surface area contributed by atoms with Crippen molar-refractivity contribution in [3.63, 3.8) is 0 Å². The number of fused-ring (bicyclic) bond motifs is 1.